The molecule has 166 valence electrons. The standard InChI is InChI=1S/C24H32N4O2S/c1-3-4-5-6-7-8-13-31-24-26-17-21(28-24)15-20-16-25-22(27-20)14-18-9-11-19(12-10-18)23(29)30-2/h9-12,16-17H,3-8,13-15H2,1-2H3,(H,25,27)(H,26,28). The van der Waals surface area contributed by atoms with Crippen LogP contribution < -0.4 is 0 Å². The number of thioether (sulfide) groups is 1. The number of aromatic nitrogens is 4. The van der Waals surface area contributed by atoms with Crippen molar-refractivity contribution in [3.8, 4) is 0 Å². The largest absolute Gasteiger partial charge is 0.465 e. The number of hydrogen-bond acceptors (Lipinski definition) is 5. The lowest BCUT2D eigenvalue weighted by Gasteiger charge is -2.02. The molecule has 0 atom stereocenters. The number of imidazole rings is 2. The quantitative estimate of drug-likeness (QED) is 0.207. The Morgan fingerprint density at radius 1 is 0.935 bits per heavy atom. The highest BCUT2D eigenvalue weighted by atomic mass is 32.2. The van der Waals surface area contributed by atoms with E-state index >= 15 is 0 Å². The molecule has 0 bridgehead atoms. The Balaban J connectivity index is 1.43. The van der Waals surface area contributed by atoms with Crippen LogP contribution in [0.5, 0.6) is 0 Å². The molecule has 0 amide bonds. The van der Waals surface area contributed by atoms with E-state index in [2.05, 4.69) is 26.9 Å². The molecular formula is C24H32N4O2S. The van der Waals surface area contributed by atoms with Crippen LogP contribution >= 0.6 is 11.8 Å². The third-order valence-electron chi connectivity index (χ3n) is 5.15. The number of benzene rings is 1. The summed E-state index contributed by atoms with van der Waals surface area (Å²) in [6.45, 7) is 2.25. The second-order valence-electron chi connectivity index (χ2n) is 7.73. The Labute approximate surface area is 188 Å². The van der Waals surface area contributed by atoms with Crippen molar-refractivity contribution in [2.45, 2.75) is 63.4 Å². The number of H-pyrrole nitrogens is 2. The van der Waals surface area contributed by atoms with Gasteiger partial charge in [0, 0.05) is 42.4 Å². The number of ether oxygens (including phenoxy) is 1. The van der Waals surface area contributed by atoms with Gasteiger partial charge in [0.25, 0.3) is 0 Å². The van der Waals surface area contributed by atoms with E-state index in [1.54, 1.807) is 23.9 Å². The number of hydrogen-bond donors (Lipinski definition) is 2. The molecule has 1 aromatic carbocycles. The smallest absolute Gasteiger partial charge is 0.337 e. The summed E-state index contributed by atoms with van der Waals surface area (Å²) in [4.78, 5) is 27.3. The molecule has 31 heavy (non-hydrogen) atoms. The van der Waals surface area contributed by atoms with Crippen LogP contribution in [0.2, 0.25) is 0 Å². The molecule has 0 radical (unpaired) electrons. The highest BCUT2D eigenvalue weighted by Gasteiger charge is 2.08. The van der Waals surface area contributed by atoms with Crippen molar-refractivity contribution in [1.29, 1.82) is 0 Å². The highest BCUT2D eigenvalue weighted by Crippen LogP contribution is 2.18. The van der Waals surface area contributed by atoms with Crippen LogP contribution in [-0.2, 0) is 17.6 Å². The molecule has 2 N–H and O–H groups in total. The lowest BCUT2D eigenvalue weighted by molar-refractivity contribution is 0.0600. The van der Waals surface area contributed by atoms with Gasteiger partial charge in [-0.15, -0.1) is 0 Å². The van der Waals surface area contributed by atoms with Crippen LogP contribution in [0, 0.1) is 0 Å². The van der Waals surface area contributed by atoms with Gasteiger partial charge in [-0.1, -0.05) is 62.9 Å². The lowest BCUT2D eigenvalue weighted by atomic mass is 10.1. The summed E-state index contributed by atoms with van der Waals surface area (Å²) in [5.74, 6) is 1.69. The Kier molecular flexibility index (Phi) is 9.21. The van der Waals surface area contributed by atoms with Gasteiger partial charge in [-0.25, -0.2) is 14.8 Å². The molecule has 0 unspecified atom stereocenters. The van der Waals surface area contributed by atoms with Crippen LogP contribution in [-0.4, -0.2) is 38.8 Å². The molecule has 0 saturated heterocycles. The minimum Gasteiger partial charge on any atom is -0.465 e. The van der Waals surface area contributed by atoms with Crippen molar-refractivity contribution >= 4 is 17.7 Å². The van der Waals surface area contributed by atoms with Crippen molar-refractivity contribution in [3.63, 3.8) is 0 Å². The summed E-state index contributed by atoms with van der Waals surface area (Å²) >= 11 is 1.80. The molecule has 6 nitrogen and oxygen atoms in total. The molecule has 0 aliphatic heterocycles. The molecule has 3 aromatic rings. The summed E-state index contributed by atoms with van der Waals surface area (Å²) in [7, 11) is 1.39. The van der Waals surface area contributed by atoms with Gasteiger partial charge in [0.2, 0.25) is 0 Å². The Morgan fingerprint density at radius 3 is 2.42 bits per heavy atom. The normalized spacial score (nSPS) is 11.0. The van der Waals surface area contributed by atoms with E-state index in [1.165, 1.54) is 45.6 Å². The zero-order chi connectivity index (χ0) is 21.9. The molecule has 0 aliphatic rings. The fraction of sp³-hybridized carbons (Fsp3) is 0.458. The zero-order valence-corrected chi connectivity index (χ0v) is 19.3. The van der Waals surface area contributed by atoms with Gasteiger partial charge in [0.1, 0.15) is 5.82 Å². The number of methoxy groups -OCH3 is 1. The number of aromatic amines is 2. The molecule has 0 saturated carbocycles. The molecule has 0 fully saturated rings. The minimum absolute atomic E-state index is 0.323. The Hall–Kier alpha value is -2.54. The summed E-state index contributed by atoms with van der Waals surface area (Å²) in [5, 5.41) is 0.994. The Morgan fingerprint density at radius 2 is 1.65 bits per heavy atom. The highest BCUT2D eigenvalue weighted by molar-refractivity contribution is 7.99. The maximum absolute atomic E-state index is 11.5. The van der Waals surface area contributed by atoms with Gasteiger partial charge < -0.3 is 14.7 Å². The number of nitrogens with one attached hydrogen (secondary N) is 2. The van der Waals surface area contributed by atoms with Crippen LogP contribution in [0.3, 0.4) is 0 Å². The molecule has 0 spiro atoms. The van der Waals surface area contributed by atoms with Crippen LogP contribution in [0.4, 0.5) is 0 Å². The number of rotatable bonds is 13. The number of nitrogens with zero attached hydrogens (tertiary/aromatic N) is 2. The summed E-state index contributed by atoms with van der Waals surface area (Å²) in [6, 6.07) is 7.41. The monoisotopic (exact) mass is 440 g/mol. The maximum atomic E-state index is 11.5. The zero-order valence-electron chi connectivity index (χ0n) is 18.4. The van der Waals surface area contributed by atoms with E-state index in [-0.39, 0.29) is 5.97 Å². The van der Waals surface area contributed by atoms with Crippen molar-refractivity contribution in [1.82, 2.24) is 19.9 Å². The van der Waals surface area contributed by atoms with Crippen molar-refractivity contribution in [3.05, 3.63) is 65.0 Å². The first-order chi connectivity index (χ1) is 15.2. The van der Waals surface area contributed by atoms with Gasteiger partial charge in [0.15, 0.2) is 5.16 Å². The lowest BCUT2D eigenvalue weighted by Crippen LogP contribution is -2.01. The van der Waals surface area contributed by atoms with Crippen molar-refractivity contribution in [2.75, 3.05) is 12.9 Å². The van der Waals surface area contributed by atoms with Crippen molar-refractivity contribution < 1.29 is 9.53 Å². The second-order valence-corrected chi connectivity index (χ2v) is 8.81. The molecular weight excluding hydrogens is 408 g/mol. The van der Waals surface area contributed by atoms with E-state index in [0.29, 0.717) is 12.0 Å². The van der Waals surface area contributed by atoms with Crippen LogP contribution in [0.1, 0.15) is 78.6 Å². The molecule has 2 heterocycles. The predicted molar refractivity (Wildman–Crippen MR) is 125 cm³/mol. The van der Waals surface area contributed by atoms with E-state index in [0.717, 1.165) is 40.1 Å². The van der Waals surface area contributed by atoms with Gasteiger partial charge >= 0.3 is 5.97 Å². The molecule has 0 aliphatic carbocycles. The summed E-state index contributed by atoms with van der Waals surface area (Å²) in [5.41, 5.74) is 3.78. The minimum atomic E-state index is -0.323. The maximum Gasteiger partial charge on any atom is 0.337 e. The fourth-order valence-corrected chi connectivity index (χ4v) is 4.29. The number of carbonyl (C=O) groups is 1. The van der Waals surface area contributed by atoms with Crippen LogP contribution in [0.15, 0.2) is 41.8 Å². The molecule has 2 aromatic heterocycles. The average Bonchev–Trinajstić information content (AvgIpc) is 3.42. The fourth-order valence-electron chi connectivity index (χ4n) is 3.41. The number of unbranched alkanes of at least 4 members (excludes halogenated alkanes) is 5. The predicted octanol–water partition coefficient (Wildman–Crippen LogP) is 5.55. The first-order valence-corrected chi connectivity index (χ1v) is 12.0. The first-order valence-electron chi connectivity index (χ1n) is 11.0. The SMILES string of the molecule is CCCCCCCCSc1ncc(Cc2cnc(Cc3ccc(C(=O)OC)cc3)[nH]2)[nH]1. The molecule has 7 heteroatoms. The van der Waals surface area contributed by atoms with E-state index in [1.807, 2.05) is 24.5 Å². The third-order valence-corrected chi connectivity index (χ3v) is 6.12. The van der Waals surface area contributed by atoms with Gasteiger partial charge in [-0.3, -0.25) is 0 Å². The van der Waals surface area contributed by atoms with Crippen molar-refractivity contribution in [2.24, 2.45) is 0 Å². The van der Waals surface area contributed by atoms with E-state index in [9.17, 15) is 4.79 Å². The third kappa shape index (κ3) is 7.58. The van der Waals surface area contributed by atoms with Crippen LogP contribution in [0.25, 0.3) is 0 Å². The Bertz CT molecular complexity index is 933. The van der Waals surface area contributed by atoms with E-state index < -0.39 is 0 Å². The summed E-state index contributed by atoms with van der Waals surface area (Å²) in [6.07, 6.45) is 13.1. The van der Waals surface area contributed by atoms with E-state index in [4.69, 9.17) is 4.74 Å². The average molecular weight is 441 g/mol. The second kappa shape index (κ2) is 12.3. The number of carbonyl (C=O) groups excluding carboxylic acids is 1. The first kappa shape index (κ1) is 23.1. The summed E-state index contributed by atoms with van der Waals surface area (Å²) < 4.78 is 4.73. The number of esters is 1. The van der Waals surface area contributed by atoms with Gasteiger partial charge in [0.05, 0.1) is 12.7 Å². The molecule has 3 rings (SSSR count). The topological polar surface area (TPSA) is 83.7 Å². The van der Waals surface area contributed by atoms with Gasteiger partial charge in [-0.2, -0.15) is 0 Å². The van der Waals surface area contributed by atoms with Gasteiger partial charge in [-0.05, 0) is 24.1 Å².